The smallest absolute Gasteiger partial charge is 0.260 e. The van der Waals surface area contributed by atoms with Crippen LogP contribution in [0.1, 0.15) is 35.7 Å². The first-order valence-electron chi connectivity index (χ1n) is 9.87. The van der Waals surface area contributed by atoms with E-state index in [1.165, 1.54) is 46.9 Å². The Balaban J connectivity index is 1.76. The van der Waals surface area contributed by atoms with Crippen LogP contribution in [0, 0.1) is 11.6 Å². The molecular weight excluding hydrogens is 481 g/mol. The zero-order chi connectivity index (χ0) is 23.0. The van der Waals surface area contributed by atoms with Gasteiger partial charge >= 0.3 is 0 Å². The maximum Gasteiger partial charge on any atom is 0.260 e. The summed E-state index contributed by atoms with van der Waals surface area (Å²) in [5.74, 6) is -1.62. The number of hydrogen-bond acceptors (Lipinski definition) is 4. The molecule has 4 rings (SSSR count). The van der Waals surface area contributed by atoms with Crippen LogP contribution < -0.4 is 5.73 Å². The Kier molecular flexibility index (Phi) is 6.56. The number of aromatic nitrogens is 2. The van der Waals surface area contributed by atoms with Gasteiger partial charge in [-0.25, -0.2) is 22.2 Å². The molecule has 0 spiro atoms. The van der Waals surface area contributed by atoms with E-state index in [1.54, 1.807) is 0 Å². The van der Waals surface area contributed by atoms with Gasteiger partial charge < -0.3 is 10.7 Å². The van der Waals surface area contributed by atoms with Crippen molar-refractivity contribution in [1.82, 2.24) is 14.3 Å². The summed E-state index contributed by atoms with van der Waals surface area (Å²) in [5, 5.41) is -0.288. The molecule has 6 nitrogen and oxygen atoms in total. The zero-order valence-electron chi connectivity index (χ0n) is 16.7. The SMILES string of the molecule is NC1CCN(S(=O)(=O)c2cnc(C(c3ccc(F)c(Cl)c3)c3ccc(F)c(Cl)c3)[nH]2)CC1. The second-order valence-electron chi connectivity index (χ2n) is 7.65. The summed E-state index contributed by atoms with van der Waals surface area (Å²) in [6, 6.07) is 8.23. The van der Waals surface area contributed by atoms with Crippen molar-refractivity contribution < 1.29 is 17.2 Å². The summed E-state index contributed by atoms with van der Waals surface area (Å²) in [6.07, 6.45) is 2.39. The fourth-order valence-electron chi connectivity index (χ4n) is 3.74. The maximum atomic E-state index is 13.8. The van der Waals surface area contributed by atoms with Crippen LogP contribution in [0.3, 0.4) is 0 Å². The second-order valence-corrected chi connectivity index (χ2v) is 10.4. The number of nitrogens with one attached hydrogen (secondary N) is 1. The number of H-pyrrole nitrogens is 1. The Morgan fingerprint density at radius 2 is 1.56 bits per heavy atom. The van der Waals surface area contributed by atoms with Gasteiger partial charge in [0.2, 0.25) is 0 Å². The second kappa shape index (κ2) is 9.07. The van der Waals surface area contributed by atoms with Crippen molar-refractivity contribution in [2.75, 3.05) is 13.1 Å². The molecule has 0 unspecified atom stereocenters. The Hall–Kier alpha value is -2.04. The molecular formula is C21H20Cl2F2N4O2S. The molecule has 1 aromatic heterocycles. The topological polar surface area (TPSA) is 92.1 Å². The summed E-state index contributed by atoms with van der Waals surface area (Å²) >= 11 is 12.0. The molecule has 170 valence electrons. The summed E-state index contributed by atoms with van der Waals surface area (Å²) in [6.45, 7) is 0.644. The molecule has 0 amide bonds. The van der Waals surface area contributed by atoms with Gasteiger partial charge in [0, 0.05) is 19.1 Å². The highest BCUT2D eigenvalue weighted by Gasteiger charge is 2.31. The van der Waals surface area contributed by atoms with Crippen LogP contribution in [0.2, 0.25) is 10.0 Å². The van der Waals surface area contributed by atoms with Gasteiger partial charge in [0.15, 0.2) is 5.03 Å². The first kappa shape index (κ1) is 23.1. The van der Waals surface area contributed by atoms with Crippen LogP contribution in [0.5, 0.6) is 0 Å². The minimum Gasteiger partial charge on any atom is -0.331 e. The van der Waals surface area contributed by atoms with Crippen LogP contribution >= 0.6 is 23.2 Å². The number of halogens is 4. The number of aromatic amines is 1. The van der Waals surface area contributed by atoms with E-state index in [-0.39, 0.29) is 26.9 Å². The van der Waals surface area contributed by atoms with Gasteiger partial charge in [-0.3, -0.25) is 0 Å². The largest absolute Gasteiger partial charge is 0.331 e. The molecule has 1 aliphatic rings. The summed E-state index contributed by atoms with van der Waals surface area (Å²) in [4.78, 5) is 7.17. The van der Waals surface area contributed by atoms with Gasteiger partial charge in [0.1, 0.15) is 17.5 Å². The Labute approximate surface area is 194 Å². The molecule has 0 saturated carbocycles. The number of piperidine rings is 1. The highest BCUT2D eigenvalue weighted by Crippen LogP contribution is 2.34. The maximum absolute atomic E-state index is 13.8. The third-order valence-electron chi connectivity index (χ3n) is 5.52. The van der Waals surface area contributed by atoms with E-state index >= 15 is 0 Å². The quantitative estimate of drug-likeness (QED) is 0.546. The standard InChI is InChI=1S/C21H20Cl2F2N4O2S/c22-15-9-12(1-3-17(15)24)20(13-2-4-18(25)16(23)10-13)21-27-11-19(28-21)32(30,31)29-7-5-14(26)6-8-29/h1-4,9-11,14,20H,5-8,26H2,(H,27,28). The zero-order valence-corrected chi connectivity index (χ0v) is 19.1. The Bertz CT molecular complexity index is 1190. The lowest BCUT2D eigenvalue weighted by Crippen LogP contribution is -2.42. The first-order valence-corrected chi connectivity index (χ1v) is 12.1. The highest BCUT2D eigenvalue weighted by molar-refractivity contribution is 7.89. The van der Waals surface area contributed by atoms with Gasteiger partial charge in [-0.1, -0.05) is 35.3 Å². The number of benzene rings is 2. The van der Waals surface area contributed by atoms with Crippen molar-refractivity contribution in [3.05, 3.63) is 81.2 Å². The highest BCUT2D eigenvalue weighted by atomic mass is 35.5. The minimum atomic E-state index is -3.80. The Morgan fingerprint density at radius 3 is 2.06 bits per heavy atom. The van der Waals surface area contributed by atoms with E-state index in [1.807, 2.05) is 0 Å². The average molecular weight is 501 g/mol. The molecule has 0 aliphatic carbocycles. The molecule has 32 heavy (non-hydrogen) atoms. The molecule has 0 bridgehead atoms. The molecule has 2 heterocycles. The first-order chi connectivity index (χ1) is 15.2. The number of nitrogens with zero attached hydrogens (tertiary/aromatic N) is 2. The molecule has 2 aromatic carbocycles. The number of hydrogen-bond donors (Lipinski definition) is 2. The fourth-order valence-corrected chi connectivity index (χ4v) is 5.51. The van der Waals surface area contributed by atoms with Crippen LogP contribution in [0.15, 0.2) is 47.6 Å². The van der Waals surface area contributed by atoms with Gasteiger partial charge in [0.05, 0.1) is 22.2 Å². The number of nitrogens with two attached hydrogens (primary N) is 1. The summed E-state index contributed by atoms with van der Waals surface area (Å²) in [7, 11) is -3.80. The Morgan fingerprint density at radius 1 is 1.03 bits per heavy atom. The van der Waals surface area contributed by atoms with Crippen molar-refractivity contribution in [2.45, 2.75) is 29.8 Å². The van der Waals surface area contributed by atoms with Crippen LogP contribution in [0.25, 0.3) is 0 Å². The third kappa shape index (κ3) is 4.53. The molecule has 11 heteroatoms. The van der Waals surface area contributed by atoms with E-state index in [9.17, 15) is 17.2 Å². The third-order valence-corrected chi connectivity index (χ3v) is 7.90. The van der Waals surface area contributed by atoms with Crippen LogP contribution in [-0.2, 0) is 10.0 Å². The van der Waals surface area contributed by atoms with E-state index in [0.717, 1.165) is 0 Å². The predicted molar refractivity (Wildman–Crippen MR) is 118 cm³/mol. The fraction of sp³-hybridized carbons (Fsp3) is 0.286. The molecule has 0 radical (unpaired) electrons. The number of sulfonamides is 1. The molecule has 0 atom stereocenters. The van der Waals surface area contributed by atoms with Gasteiger partial charge in [-0.2, -0.15) is 4.31 Å². The summed E-state index contributed by atoms with van der Waals surface area (Å²) < 4.78 is 55.0. The molecule has 1 saturated heterocycles. The minimum absolute atomic E-state index is 0.0189. The predicted octanol–water partition coefficient (Wildman–Crippen LogP) is 4.29. The van der Waals surface area contributed by atoms with Gasteiger partial charge in [-0.15, -0.1) is 0 Å². The van der Waals surface area contributed by atoms with Crippen molar-refractivity contribution in [1.29, 1.82) is 0 Å². The van der Waals surface area contributed by atoms with E-state index < -0.39 is 27.6 Å². The lowest BCUT2D eigenvalue weighted by atomic mass is 9.90. The number of rotatable bonds is 5. The lowest BCUT2D eigenvalue weighted by Gasteiger charge is -2.28. The molecule has 1 aliphatic heterocycles. The molecule has 3 N–H and O–H groups in total. The van der Waals surface area contributed by atoms with Crippen molar-refractivity contribution in [2.24, 2.45) is 5.73 Å². The molecule has 3 aromatic rings. The van der Waals surface area contributed by atoms with E-state index in [2.05, 4.69) is 9.97 Å². The summed E-state index contributed by atoms with van der Waals surface area (Å²) in [5.41, 5.74) is 6.94. The van der Waals surface area contributed by atoms with Gasteiger partial charge in [-0.05, 0) is 48.2 Å². The monoisotopic (exact) mass is 500 g/mol. The average Bonchev–Trinajstić information content (AvgIpc) is 3.24. The lowest BCUT2D eigenvalue weighted by molar-refractivity contribution is 0.319. The van der Waals surface area contributed by atoms with Crippen molar-refractivity contribution in [3.8, 4) is 0 Å². The van der Waals surface area contributed by atoms with Crippen LogP contribution in [0.4, 0.5) is 8.78 Å². The van der Waals surface area contributed by atoms with E-state index in [0.29, 0.717) is 37.1 Å². The van der Waals surface area contributed by atoms with Crippen molar-refractivity contribution >= 4 is 33.2 Å². The molecule has 1 fully saturated rings. The normalized spacial score (nSPS) is 16.1. The van der Waals surface area contributed by atoms with E-state index in [4.69, 9.17) is 28.9 Å². The van der Waals surface area contributed by atoms with Gasteiger partial charge in [0.25, 0.3) is 10.0 Å². The van der Waals surface area contributed by atoms with Crippen LogP contribution in [-0.4, -0.2) is 41.8 Å². The van der Waals surface area contributed by atoms with Crippen molar-refractivity contribution in [3.63, 3.8) is 0 Å². The number of imidazole rings is 1.